The lowest BCUT2D eigenvalue weighted by Crippen LogP contribution is -2.43. The van der Waals surface area contributed by atoms with Gasteiger partial charge in [0, 0.05) is 12.6 Å². The van der Waals surface area contributed by atoms with Crippen molar-refractivity contribution in [1.29, 1.82) is 0 Å². The monoisotopic (exact) mass is 268 g/mol. The van der Waals surface area contributed by atoms with E-state index >= 15 is 0 Å². The minimum absolute atomic E-state index is 0.678. The maximum atomic E-state index is 3.42. The largest absolute Gasteiger partial charge is 0.317 e. The van der Waals surface area contributed by atoms with Crippen molar-refractivity contribution in [2.45, 2.75) is 77.7 Å². The molecule has 0 amide bonds. The van der Waals surface area contributed by atoms with Crippen molar-refractivity contribution >= 4 is 0 Å². The first-order valence-corrected chi connectivity index (χ1v) is 8.67. The molecule has 0 radical (unpaired) electrons. The highest BCUT2D eigenvalue weighted by Crippen LogP contribution is 2.20. The summed E-state index contributed by atoms with van der Waals surface area (Å²) < 4.78 is 0. The van der Waals surface area contributed by atoms with Gasteiger partial charge in [-0.25, -0.2) is 0 Å². The lowest BCUT2D eigenvalue weighted by Gasteiger charge is -2.35. The average molecular weight is 268 g/mol. The Morgan fingerprint density at radius 1 is 1.11 bits per heavy atom. The van der Waals surface area contributed by atoms with Crippen molar-refractivity contribution in [3.8, 4) is 0 Å². The van der Waals surface area contributed by atoms with E-state index in [4.69, 9.17) is 0 Å². The molecule has 0 aromatic carbocycles. The van der Waals surface area contributed by atoms with E-state index in [0.717, 1.165) is 5.92 Å². The number of hydrogen-bond acceptors (Lipinski definition) is 2. The second-order valence-corrected chi connectivity index (χ2v) is 6.40. The molecule has 1 rings (SSSR count). The zero-order valence-corrected chi connectivity index (χ0v) is 13.6. The zero-order chi connectivity index (χ0) is 13.9. The van der Waals surface area contributed by atoms with E-state index in [9.17, 15) is 0 Å². The summed E-state index contributed by atoms with van der Waals surface area (Å²) in [5, 5.41) is 3.42. The predicted molar refractivity (Wildman–Crippen MR) is 85.7 cm³/mol. The normalized spacial score (nSPS) is 22.6. The summed E-state index contributed by atoms with van der Waals surface area (Å²) in [6, 6.07) is 0.678. The first-order valence-electron chi connectivity index (χ1n) is 8.67. The number of piperidine rings is 1. The second kappa shape index (κ2) is 10.7. The Balaban J connectivity index is 2.02. The zero-order valence-electron chi connectivity index (χ0n) is 13.6. The van der Waals surface area contributed by atoms with Gasteiger partial charge in [-0.15, -0.1) is 0 Å². The molecule has 2 unspecified atom stereocenters. The average Bonchev–Trinajstić information content (AvgIpc) is 2.46. The van der Waals surface area contributed by atoms with E-state index in [1.165, 1.54) is 77.4 Å². The Kier molecular flexibility index (Phi) is 9.54. The third kappa shape index (κ3) is 7.31. The summed E-state index contributed by atoms with van der Waals surface area (Å²) in [5.41, 5.74) is 0. The fourth-order valence-corrected chi connectivity index (χ4v) is 3.23. The summed E-state index contributed by atoms with van der Waals surface area (Å²) in [5.74, 6) is 0.864. The minimum Gasteiger partial charge on any atom is -0.317 e. The van der Waals surface area contributed by atoms with Gasteiger partial charge in [0.1, 0.15) is 0 Å². The van der Waals surface area contributed by atoms with Gasteiger partial charge in [0.15, 0.2) is 0 Å². The molecule has 0 spiro atoms. The van der Waals surface area contributed by atoms with E-state index in [1.54, 1.807) is 0 Å². The molecule has 2 heteroatoms. The summed E-state index contributed by atoms with van der Waals surface area (Å²) in [6.07, 6.45) is 12.8. The summed E-state index contributed by atoms with van der Waals surface area (Å²) >= 11 is 0. The number of nitrogens with one attached hydrogen (secondary N) is 1. The Hall–Kier alpha value is -0.0800. The Morgan fingerprint density at radius 2 is 1.79 bits per heavy atom. The molecule has 0 bridgehead atoms. The van der Waals surface area contributed by atoms with Crippen LogP contribution in [0.1, 0.15) is 71.6 Å². The molecular formula is C17H36N2. The van der Waals surface area contributed by atoms with Gasteiger partial charge in [0.25, 0.3) is 0 Å². The van der Waals surface area contributed by atoms with Crippen molar-refractivity contribution in [1.82, 2.24) is 10.2 Å². The number of nitrogens with zero attached hydrogens (tertiary/aromatic N) is 1. The molecule has 0 saturated carbocycles. The van der Waals surface area contributed by atoms with E-state index in [-0.39, 0.29) is 0 Å². The van der Waals surface area contributed by atoms with Crippen LogP contribution in [-0.4, -0.2) is 37.6 Å². The van der Waals surface area contributed by atoms with Crippen molar-refractivity contribution in [3.05, 3.63) is 0 Å². The van der Waals surface area contributed by atoms with Gasteiger partial charge in [-0.3, -0.25) is 0 Å². The van der Waals surface area contributed by atoms with Crippen LogP contribution in [0.25, 0.3) is 0 Å². The molecular weight excluding hydrogens is 232 g/mol. The van der Waals surface area contributed by atoms with E-state index < -0.39 is 0 Å². The fraction of sp³-hybridized carbons (Fsp3) is 1.00. The van der Waals surface area contributed by atoms with Gasteiger partial charge in [-0.1, -0.05) is 45.4 Å². The molecule has 1 heterocycles. The van der Waals surface area contributed by atoms with Crippen LogP contribution in [-0.2, 0) is 0 Å². The molecule has 1 fully saturated rings. The molecule has 1 aliphatic heterocycles. The third-order valence-corrected chi connectivity index (χ3v) is 4.78. The predicted octanol–water partition coefficient (Wildman–Crippen LogP) is 4.06. The quantitative estimate of drug-likeness (QED) is 0.601. The van der Waals surface area contributed by atoms with Crippen molar-refractivity contribution in [3.63, 3.8) is 0 Å². The van der Waals surface area contributed by atoms with E-state index in [1.807, 2.05) is 0 Å². The Labute approximate surface area is 121 Å². The van der Waals surface area contributed by atoms with Crippen LogP contribution >= 0.6 is 0 Å². The van der Waals surface area contributed by atoms with Crippen LogP contribution < -0.4 is 5.32 Å². The Morgan fingerprint density at radius 3 is 2.47 bits per heavy atom. The van der Waals surface area contributed by atoms with Crippen LogP contribution in [0, 0.1) is 5.92 Å². The van der Waals surface area contributed by atoms with Crippen molar-refractivity contribution in [2.75, 3.05) is 26.7 Å². The molecule has 1 N–H and O–H groups in total. The number of rotatable bonds is 10. The van der Waals surface area contributed by atoms with Gasteiger partial charge in [0.2, 0.25) is 0 Å². The lowest BCUT2D eigenvalue weighted by atomic mass is 9.91. The third-order valence-electron chi connectivity index (χ3n) is 4.78. The van der Waals surface area contributed by atoms with Crippen LogP contribution in [0.4, 0.5) is 0 Å². The maximum absolute atomic E-state index is 3.42. The van der Waals surface area contributed by atoms with Crippen molar-refractivity contribution in [2.24, 2.45) is 5.92 Å². The number of unbranched alkanes of at least 4 members (excludes halogenated alkanes) is 6. The molecule has 19 heavy (non-hydrogen) atoms. The molecule has 114 valence electrons. The summed E-state index contributed by atoms with van der Waals surface area (Å²) in [4.78, 5) is 2.70. The van der Waals surface area contributed by atoms with Gasteiger partial charge >= 0.3 is 0 Å². The highest BCUT2D eigenvalue weighted by molar-refractivity contribution is 4.79. The first-order chi connectivity index (χ1) is 9.27. The molecule has 0 aromatic rings. The first kappa shape index (κ1) is 17.0. The number of likely N-dealkylation sites (tertiary alicyclic amines) is 1. The SMILES string of the molecule is CCCCCCCCCN1CCCC(C(C)NC)C1. The molecule has 0 aromatic heterocycles. The lowest BCUT2D eigenvalue weighted by molar-refractivity contribution is 0.151. The summed E-state index contributed by atoms with van der Waals surface area (Å²) in [7, 11) is 2.10. The Bertz CT molecular complexity index is 205. The van der Waals surface area contributed by atoms with Gasteiger partial charge in [-0.05, 0) is 52.2 Å². The molecule has 2 nitrogen and oxygen atoms in total. The second-order valence-electron chi connectivity index (χ2n) is 6.40. The van der Waals surface area contributed by atoms with E-state index in [2.05, 4.69) is 31.1 Å². The highest BCUT2D eigenvalue weighted by atomic mass is 15.1. The van der Waals surface area contributed by atoms with Crippen LogP contribution in [0.5, 0.6) is 0 Å². The van der Waals surface area contributed by atoms with Gasteiger partial charge in [-0.2, -0.15) is 0 Å². The highest BCUT2D eigenvalue weighted by Gasteiger charge is 2.23. The molecule has 1 saturated heterocycles. The molecule has 0 aliphatic carbocycles. The fourth-order valence-electron chi connectivity index (χ4n) is 3.23. The molecule has 1 aliphatic rings. The van der Waals surface area contributed by atoms with Gasteiger partial charge in [0.05, 0.1) is 0 Å². The minimum atomic E-state index is 0.678. The van der Waals surface area contributed by atoms with Crippen LogP contribution in [0.2, 0.25) is 0 Å². The molecule has 2 atom stereocenters. The smallest absolute Gasteiger partial charge is 0.00762 e. The van der Waals surface area contributed by atoms with Gasteiger partial charge < -0.3 is 10.2 Å². The van der Waals surface area contributed by atoms with Crippen LogP contribution in [0.15, 0.2) is 0 Å². The van der Waals surface area contributed by atoms with Crippen molar-refractivity contribution < 1.29 is 0 Å². The number of hydrogen-bond donors (Lipinski definition) is 1. The topological polar surface area (TPSA) is 15.3 Å². The summed E-state index contributed by atoms with van der Waals surface area (Å²) in [6.45, 7) is 8.61. The standard InChI is InChI=1S/C17H36N2/c1-4-5-6-7-8-9-10-13-19-14-11-12-17(15-19)16(2)18-3/h16-18H,4-15H2,1-3H3. The maximum Gasteiger partial charge on any atom is 0.00762 e. The van der Waals surface area contributed by atoms with E-state index in [0.29, 0.717) is 6.04 Å². The van der Waals surface area contributed by atoms with Crippen LogP contribution in [0.3, 0.4) is 0 Å².